The van der Waals surface area contributed by atoms with E-state index in [0.717, 1.165) is 27.7 Å². The second-order valence-corrected chi connectivity index (χ2v) is 6.60. The quantitative estimate of drug-likeness (QED) is 0.451. The van der Waals surface area contributed by atoms with Crippen molar-refractivity contribution in [2.45, 2.75) is 18.1 Å². The summed E-state index contributed by atoms with van der Waals surface area (Å²) in [5, 5.41) is 10.5. The molecule has 0 radical (unpaired) electrons. The molecule has 6 heteroatoms. The highest BCUT2D eigenvalue weighted by molar-refractivity contribution is 7.99. The molecule has 1 aromatic heterocycles. The van der Waals surface area contributed by atoms with Crippen molar-refractivity contribution in [3.63, 3.8) is 0 Å². The van der Waals surface area contributed by atoms with Gasteiger partial charge < -0.3 is 9.30 Å². The second-order valence-electron chi connectivity index (χ2n) is 5.10. The maximum atomic E-state index is 8.87. The predicted octanol–water partition coefficient (Wildman–Crippen LogP) is 4.77. The number of halogens is 1. The van der Waals surface area contributed by atoms with E-state index in [2.05, 4.69) is 15.6 Å². The molecule has 0 atom stereocenters. The smallest absolute Gasteiger partial charge is 0.169 e. The van der Waals surface area contributed by atoms with Gasteiger partial charge in [0.15, 0.2) is 5.16 Å². The number of rotatable bonds is 7. The highest BCUT2D eigenvalue weighted by Gasteiger charge is 2.10. The fourth-order valence-corrected chi connectivity index (χ4v) is 3.43. The average Bonchev–Trinajstić information content (AvgIpc) is 2.94. The van der Waals surface area contributed by atoms with Gasteiger partial charge in [0, 0.05) is 17.3 Å². The molecule has 0 aliphatic rings. The van der Waals surface area contributed by atoms with Crippen molar-refractivity contribution in [2.75, 3.05) is 12.4 Å². The minimum Gasteiger partial charge on any atom is -0.493 e. The number of nitriles is 1. The van der Waals surface area contributed by atoms with Gasteiger partial charge in [-0.15, -0.1) is 0 Å². The molecule has 0 unspecified atom stereocenters. The summed E-state index contributed by atoms with van der Waals surface area (Å²) in [5.41, 5.74) is 2.01. The van der Waals surface area contributed by atoms with E-state index in [4.69, 9.17) is 21.6 Å². The van der Waals surface area contributed by atoms with E-state index in [0.29, 0.717) is 24.6 Å². The van der Waals surface area contributed by atoms with Gasteiger partial charge in [-0.25, -0.2) is 4.98 Å². The number of aryl methyl sites for hydroxylation is 1. The zero-order valence-electron chi connectivity index (χ0n) is 13.0. The fraction of sp³-hybridized carbons (Fsp3) is 0.222. The van der Waals surface area contributed by atoms with Crippen LogP contribution in [-0.2, 0) is 6.54 Å². The average molecular weight is 358 g/mol. The van der Waals surface area contributed by atoms with Crippen molar-refractivity contribution in [1.29, 1.82) is 5.26 Å². The molecule has 0 amide bonds. The number of benzene rings is 2. The Morgan fingerprint density at radius 2 is 2.08 bits per heavy atom. The highest BCUT2D eigenvalue weighted by atomic mass is 35.5. The third-order valence-electron chi connectivity index (χ3n) is 3.45. The molecule has 0 saturated carbocycles. The van der Waals surface area contributed by atoms with Gasteiger partial charge >= 0.3 is 0 Å². The van der Waals surface area contributed by atoms with Crippen LogP contribution in [0, 0.1) is 11.3 Å². The number of thioether (sulfide) groups is 1. The maximum Gasteiger partial charge on any atom is 0.169 e. The van der Waals surface area contributed by atoms with Crippen LogP contribution in [0.3, 0.4) is 0 Å². The fourth-order valence-electron chi connectivity index (χ4n) is 2.39. The highest BCUT2D eigenvalue weighted by Crippen LogP contribution is 2.25. The van der Waals surface area contributed by atoms with Crippen LogP contribution in [0.2, 0.25) is 5.02 Å². The van der Waals surface area contributed by atoms with Crippen LogP contribution in [-0.4, -0.2) is 21.9 Å². The summed E-state index contributed by atoms with van der Waals surface area (Å²) in [6.07, 6.45) is 0.465. The molecule has 4 nitrogen and oxygen atoms in total. The molecular formula is C18H16ClN3OS. The molecule has 0 fully saturated rings. The first kappa shape index (κ1) is 16.7. The largest absolute Gasteiger partial charge is 0.493 e. The minimum atomic E-state index is 0.465. The van der Waals surface area contributed by atoms with Crippen LogP contribution in [0.1, 0.15) is 6.42 Å². The predicted molar refractivity (Wildman–Crippen MR) is 97.6 cm³/mol. The molecule has 0 spiro atoms. The number of imidazole rings is 1. The lowest BCUT2D eigenvalue weighted by Crippen LogP contribution is -2.03. The number of ether oxygens (including phenoxy) is 1. The number of nitrogens with zero attached hydrogens (tertiary/aromatic N) is 3. The van der Waals surface area contributed by atoms with Crippen LogP contribution in [0.15, 0.2) is 53.7 Å². The van der Waals surface area contributed by atoms with Crippen molar-refractivity contribution >= 4 is 34.4 Å². The minimum absolute atomic E-state index is 0.465. The van der Waals surface area contributed by atoms with E-state index >= 15 is 0 Å². The first-order chi connectivity index (χ1) is 11.8. The molecule has 0 bridgehead atoms. The van der Waals surface area contributed by atoms with Crippen molar-refractivity contribution in [3.8, 4) is 11.8 Å². The Bertz CT molecular complexity index is 872. The van der Waals surface area contributed by atoms with E-state index < -0.39 is 0 Å². The van der Waals surface area contributed by atoms with Crippen molar-refractivity contribution in [3.05, 3.63) is 53.6 Å². The second kappa shape index (κ2) is 8.09. The summed E-state index contributed by atoms with van der Waals surface area (Å²) < 4.78 is 7.81. The van der Waals surface area contributed by atoms with Crippen molar-refractivity contribution in [2.24, 2.45) is 0 Å². The normalized spacial score (nSPS) is 10.7. The van der Waals surface area contributed by atoms with E-state index in [1.165, 1.54) is 0 Å². The molecule has 3 rings (SSSR count). The summed E-state index contributed by atoms with van der Waals surface area (Å²) in [6, 6.07) is 17.6. The van der Waals surface area contributed by atoms with Crippen LogP contribution in [0.4, 0.5) is 0 Å². The lowest BCUT2D eigenvalue weighted by Gasteiger charge is -2.08. The van der Waals surface area contributed by atoms with Crippen molar-refractivity contribution in [1.82, 2.24) is 9.55 Å². The molecule has 0 saturated heterocycles. The third-order valence-corrected chi connectivity index (χ3v) is 4.62. The van der Waals surface area contributed by atoms with E-state index in [1.807, 2.05) is 42.5 Å². The topological polar surface area (TPSA) is 50.8 Å². The van der Waals surface area contributed by atoms with Gasteiger partial charge in [-0.1, -0.05) is 41.6 Å². The van der Waals surface area contributed by atoms with Crippen LogP contribution < -0.4 is 4.74 Å². The third kappa shape index (κ3) is 4.02. The summed E-state index contributed by atoms with van der Waals surface area (Å²) in [4.78, 5) is 4.66. The lowest BCUT2D eigenvalue weighted by molar-refractivity contribution is 0.344. The van der Waals surface area contributed by atoms with Crippen LogP contribution in [0.25, 0.3) is 11.0 Å². The SMILES string of the molecule is N#CCCn1c(SCCOc2cccc(Cl)c2)nc2ccccc21. The van der Waals surface area contributed by atoms with E-state index in [1.54, 1.807) is 17.8 Å². The molecule has 24 heavy (non-hydrogen) atoms. The first-order valence-corrected chi connectivity index (χ1v) is 8.97. The first-order valence-electron chi connectivity index (χ1n) is 7.61. The maximum absolute atomic E-state index is 8.87. The molecule has 1 heterocycles. The monoisotopic (exact) mass is 357 g/mol. The van der Waals surface area contributed by atoms with Gasteiger partial charge in [-0.2, -0.15) is 5.26 Å². The summed E-state index contributed by atoms with van der Waals surface area (Å²) >= 11 is 7.57. The standard InChI is InChI=1S/C18H16ClN3OS/c19-14-5-3-6-15(13-14)23-11-12-24-18-21-16-7-1-2-8-17(16)22(18)10-4-9-20/h1-3,5-8,13H,4,10-12H2. The van der Waals surface area contributed by atoms with Crippen LogP contribution in [0.5, 0.6) is 5.75 Å². The Balaban J connectivity index is 1.65. The van der Waals surface area contributed by atoms with Crippen molar-refractivity contribution < 1.29 is 4.74 Å². The number of hydrogen-bond donors (Lipinski definition) is 0. The summed E-state index contributed by atoms with van der Waals surface area (Å²) in [7, 11) is 0. The zero-order chi connectivity index (χ0) is 16.8. The lowest BCUT2D eigenvalue weighted by atomic mass is 10.3. The van der Waals surface area contributed by atoms with Gasteiger partial charge in [-0.3, -0.25) is 0 Å². The number of hydrogen-bond acceptors (Lipinski definition) is 4. The van der Waals surface area contributed by atoms with Gasteiger partial charge in [0.05, 0.1) is 30.1 Å². The number of aromatic nitrogens is 2. The van der Waals surface area contributed by atoms with Gasteiger partial charge in [-0.05, 0) is 30.3 Å². The van der Waals surface area contributed by atoms with Gasteiger partial charge in [0.2, 0.25) is 0 Å². The Labute approximate surface area is 150 Å². The Morgan fingerprint density at radius 1 is 1.21 bits per heavy atom. The molecule has 0 N–H and O–H groups in total. The molecule has 2 aromatic carbocycles. The number of para-hydroxylation sites is 2. The van der Waals surface area contributed by atoms with Crippen LogP contribution >= 0.6 is 23.4 Å². The zero-order valence-corrected chi connectivity index (χ0v) is 14.6. The number of fused-ring (bicyclic) bond motifs is 1. The molecule has 0 aliphatic heterocycles. The molecule has 3 aromatic rings. The van der Waals surface area contributed by atoms with E-state index in [9.17, 15) is 0 Å². The Kier molecular flexibility index (Phi) is 5.63. The summed E-state index contributed by atoms with van der Waals surface area (Å²) in [5.74, 6) is 1.53. The van der Waals surface area contributed by atoms with Gasteiger partial charge in [0.1, 0.15) is 5.75 Å². The van der Waals surface area contributed by atoms with Gasteiger partial charge in [0.25, 0.3) is 0 Å². The van der Waals surface area contributed by atoms with E-state index in [-0.39, 0.29) is 0 Å². The summed E-state index contributed by atoms with van der Waals surface area (Å²) in [6.45, 7) is 1.21. The Morgan fingerprint density at radius 3 is 2.92 bits per heavy atom. The molecule has 0 aliphatic carbocycles. The molecule has 122 valence electrons. The Hall–Kier alpha value is -2.16. The molecular weight excluding hydrogens is 342 g/mol.